The van der Waals surface area contributed by atoms with Gasteiger partial charge in [-0.3, -0.25) is 0 Å². The first-order valence-corrected chi connectivity index (χ1v) is 6.74. The molecule has 0 radical (unpaired) electrons. The van der Waals surface area contributed by atoms with Crippen molar-refractivity contribution in [3.05, 3.63) is 35.4 Å². The number of aryl methyl sites for hydroxylation is 1. The molecular weight excluding hydrogens is 210 g/mol. The highest BCUT2D eigenvalue weighted by atomic mass is 16.5. The van der Waals surface area contributed by atoms with E-state index in [4.69, 9.17) is 4.74 Å². The summed E-state index contributed by atoms with van der Waals surface area (Å²) in [6.07, 6.45) is 4.40. The Morgan fingerprint density at radius 1 is 1.24 bits per heavy atom. The Hall–Kier alpha value is -0.860. The van der Waals surface area contributed by atoms with Crippen LogP contribution in [0.15, 0.2) is 24.3 Å². The lowest BCUT2D eigenvalue weighted by Gasteiger charge is -2.20. The van der Waals surface area contributed by atoms with Crippen LogP contribution in [0.25, 0.3) is 0 Å². The summed E-state index contributed by atoms with van der Waals surface area (Å²) in [6, 6.07) is 9.19. The smallest absolute Gasteiger partial charge is 0.0757 e. The van der Waals surface area contributed by atoms with Crippen LogP contribution in [-0.4, -0.2) is 18.8 Å². The van der Waals surface area contributed by atoms with E-state index in [-0.39, 0.29) is 0 Å². The molecule has 1 N–H and O–H groups in total. The SMILES string of the molecule is Cc1ccccc1CNC1CCOC1C1CC1. The van der Waals surface area contributed by atoms with Crippen LogP contribution in [-0.2, 0) is 11.3 Å². The van der Waals surface area contributed by atoms with E-state index in [1.165, 1.54) is 30.4 Å². The number of ether oxygens (including phenoxy) is 1. The van der Waals surface area contributed by atoms with Crippen LogP contribution < -0.4 is 5.32 Å². The third-order valence-corrected chi connectivity index (χ3v) is 4.04. The van der Waals surface area contributed by atoms with E-state index in [9.17, 15) is 0 Å². The zero-order chi connectivity index (χ0) is 11.7. The Balaban J connectivity index is 1.58. The number of benzene rings is 1. The maximum Gasteiger partial charge on any atom is 0.0757 e. The lowest BCUT2D eigenvalue weighted by Crippen LogP contribution is -2.37. The fraction of sp³-hybridized carbons (Fsp3) is 0.600. The summed E-state index contributed by atoms with van der Waals surface area (Å²) in [5.74, 6) is 0.840. The van der Waals surface area contributed by atoms with Crippen molar-refractivity contribution in [3.8, 4) is 0 Å². The average Bonchev–Trinajstić information content (AvgIpc) is 3.08. The van der Waals surface area contributed by atoms with Gasteiger partial charge in [0.05, 0.1) is 6.10 Å². The molecule has 2 nitrogen and oxygen atoms in total. The summed E-state index contributed by atoms with van der Waals surface area (Å²) in [4.78, 5) is 0. The fourth-order valence-corrected chi connectivity index (χ4v) is 2.77. The van der Waals surface area contributed by atoms with E-state index in [0.717, 1.165) is 19.1 Å². The third-order valence-electron chi connectivity index (χ3n) is 4.04. The van der Waals surface area contributed by atoms with E-state index in [0.29, 0.717) is 12.1 Å². The largest absolute Gasteiger partial charge is 0.376 e. The van der Waals surface area contributed by atoms with Gasteiger partial charge < -0.3 is 10.1 Å². The molecule has 1 saturated carbocycles. The number of nitrogens with one attached hydrogen (secondary N) is 1. The molecule has 2 heteroatoms. The van der Waals surface area contributed by atoms with Crippen LogP contribution in [0.5, 0.6) is 0 Å². The van der Waals surface area contributed by atoms with E-state index in [1.807, 2.05) is 0 Å². The van der Waals surface area contributed by atoms with Gasteiger partial charge in [0.2, 0.25) is 0 Å². The van der Waals surface area contributed by atoms with E-state index in [1.54, 1.807) is 0 Å². The summed E-state index contributed by atoms with van der Waals surface area (Å²) in [7, 11) is 0. The van der Waals surface area contributed by atoms with Crippen LogP contribution >= 0.6 is 0 Å². The minimum Gasteiger partial charge on any atom is -0.376 e. The van der Waals surface area contributed by atoms with Crippen molar-refractivity contribution in [2.24, 2.45) is 5.92 Å². The molecule has 1 heterocycles. The molecule has 0 aromatic heterocycles. The van der Waals surface area contributed by atoms with Gasteiger partial charge in [0.1, 0.15) is 0 Å². The van der Waals surface area contributed by atoms with Crippen molar-refractivity contribution in [3.63, 3.8) is 0 Å². The first-order chi connectivity index (χ1) is 8.34. The van der Waals surface area contributed by atoms with Crippen molar-refractivity contribution < 1.29 is 4.74 Å². The molecule has 0 spiro atoms. The molecule has 1 aromatic carbocycles. The zero-order valence-electron chi connectivity index (χ0n) is 10.5. The summed E-state index contributed by atoms with van der Waals surface area (Å²) >= 11 is 0. The maximum atomic E-state index is 5.85. The number of rotatable bonds is 4. The van der Waals surface area contributed by atoms with Crippen LogP contribution in [0.2, 0.25) is 0 Å². The average molecular weight is 231 g/mol. The lowest BCUT2D eigenvalue weighted by atomic mass is 10.0. The molecule has 3 rings (SSSR count). The summed E-state index contributed by atoms with van der Waals surface area (Å²) in [5, 5.41) is 3.69. The van der Waals surface area contributed by atoms with E-state index >= 15 is 0 Å². The van der Waals surface area contributed by atoms with Gasteiger partial charge in [0.25, 0.3) is 0 Å². The van der Waals surface area contributed by atoms with Crippen LogP contribution in [0.3, 0.4) is 0 Å². The Morgan fingerprint density at radius 2 is 2.06 bits per heavy atom. The molecule has 1 aromatic rings. The maximum absolute atomic E-state index is 5.85. The standard InChI is InChI=1S/C15H21NO/c1-11-4-2-3-5-13(11)10-16-14-8-9-17-15(14)12-6-7-12/h2-5,12,14-16H,6-10H2,1H3. The minimum absolute atomic E-state index is 0.485. The molecule has 2 aliphatic rings. The third kappa shape index (κ3) is 2.53. The highest BCUT2D eigenvalue weighted by Crippen LogP contribution is 2.38. The van der Waals surface area contributed by atoms with Crippen molar-refractivity contribution in [2.45, 2.75) is 44.9 Å². The summed E-state index contributed by atoms with van der Waals surface area (Å²) in [6.45, 7) is 4.09. The van der Waals surface area contributed by atoms with Gasteiger partial charge in [0, 0.05) is 19.2 Å². The predicted molar refractivity (Wildman–Crippen MR) is 68.9 cm³/mol. The molecule has 92 valence electrons. The van der Waals surface area contributed by atoms with Gasteiger partial charge >= 0.3 is 0 Å². The second kappa shape index (κ2) is 4.79. The van der Waals surface area contributed by atoms with Gasteiger partial charge in [-0.05, 0) is 43.2 Å². The monoisotopic (exact) mass is 231 g/mol. The molecule has 1 aliphatic heterocycles. The van der Waals surface area contributed by atoms with Crippen molar-refractivity contribution in [1.29, 1.82) is 0 Å². The predicted octanol–water partition coefficient (Wildman–Crippen LogP) is 2.65. The molecule has 1 aliphatic carbocycles. The van der Waals surface area contributed by atoms with Crippen LogP contribution in [0, 0.1) is 12.8 Å². The second-order valence-corrected chi connectivity index (χ2v) is 5.38. The highest BCUT2D eigenvalue weighted by molar-refractivity contribution is 5.25. The van der Waals surface area contributed by atoms with Gasteiger partial charge in [-0.25, -0.2) is 0 Å². The Kier molecular flexibility index (Phi) is 3.17. The van der Waals surface area contributed by atoms with Gasteiger partial charge in [-0.2, -0.15) is 0 Å². The fourth-order valence-electron chi connectivity index (χ4n) is 2.77. The van der Waals surface area contributed by atoms with Gasteiger partial charge in [0.15, 0.2) is 0 Å². The first-order valence-electron chi connectivity index (χ1n) is 6.74. The minimum atomic E-state index is 0.485. The van der Waals surface area contributed by atoms with Crippen LogP contribution in [0.1, 0.15) is 30.4 Å². The molecule has 2 unspecified atom stereocenters. The van der Waals surface area contributed by atoms with Crippen molar-refractivity contribution >= 4 is 0 Å². The van der Waals surface area contributed by atoms with E-state index < -0.39 is 0 Å². The zero-order valence-corrected chi connectivity index (χ0v) is 10.5. The Labute approximate surface area is 103 Å². The van der Waals surface area contributed by atoms with Gasteiger partial charge in [-0.1, -0.05) is 24.3 Å². The van der Waals surface area contributed by atoms with Crippen LogP contribution in [0.4, 0.5) is 0 Å². The highest BCUT2D eigenvalue weighted by Gasteiger charge is 2.40. The summed E-state index contributed by atoms with van der Waals surface area (Å²) < 4.78 is 5.85. The van der Waals surface area contributed by atoms with Crippen molar-refractivity contribution in [1.82, 2.24) is 5.32 Å². The molecule has 2 fully saturated rings. The Morgan fingerprint density at radius 3 is 2.82 bits per heavy atom. The molecular formula is C15H21NO. The molecule has 1 saturated heterocycles. The number of hydrogen-bond donors (Lipinski definition) is 1. The molecule has 17 heavy (non-hydrogen) atoms. The van der Waals surface area contributed by atoms with Gasteiger partial charge in [-0.15, -0.1) is 0 Å². The quantitative estimate of drug-likeness (QED) is 0.860. The summed E-state index contributed by atoms with van der Waals surface area (Å²) in [5.41, 5.74) is 2.79. The molecule has 0 amide bonds. The molecule has 2 atom stereocenters. The lowest BCUT2D eigenvalue weighted by molar-refractivity contribution is 0.0809. The molecule has 0 bridgehead atoms. The topological polar surface area (TPSA) is 21.3 Å². The van der Waals surface area contributed by atoms with Crippen molar-refractivity contribution in [2.75, 3.05) is 6.61 Å². The first kappa shape index (κ1) is 11.2. The van der Waals surface area contributed by atoms with E-state index in [2.05, 4.69) is 36.5 Å². The normalized spacial score (nSPS) is 28.5. The Bertz CT molecular complexity index is 386. The number of hydrogen-bond acceptors (Lipinski definition) is 2. The second-order valence-electron chi connectivity index (χ2n) is 5.38.